The van der Waals surface area contributed by atoms with Gasteiger partial charge in [0.05, 0.1) is 22.8 Å². The van der Waals surface area contributed by atoms with Crippen molar-refractivity contribution >= 4 is 21.9 Å². The van der Waals surface area contributed by atoms with Crippen LogP contribution < -0.4 is 0 Å². The maximum absolute atomic E-state index is 12.0. The SMILES string of the molecule is CCCn1c(C)c(C(=O)OC)c(Br)c1-c1cccnc1. The highest BCUT2D eigenvalue weighted by atomic mass is 79.9. The average molecular weight is 337 g/mol. The zero-order valence-corrected chi connectivity index (χ0v) is 13.4. The average Bonchev–Trinajstić information content (AvgIpc) is 2.71. The molecule has 20 heavy (non-hydrogen) atoms. The standard InChI is InChI=1S/C15H17BrN2O2/c1-4-8-18-10(2)12(15(19)20-3)13(16)14(18)11-6-5-7-17-9-11/h5-7,9H,4,8H2,1-3H3. The number of carbonyl (C=O) groups is 1. The van der Waals surface area contributed by atoms with Crippen LogP contribution in [0, 0.1) is 6.92 Å². The molecule has 0 aliphatic carbocycles. The van der Waals surface area contributed by atoms with Gasteiger partial charge in [0.2, 0.25) is 0 Å². The fourth-order valence-corrected chi connectivity index (χ4v) is 3.22. The van der Waals surface area contributed by atoms with Crippen molar-refractivity contribution < 1.29 is 9.53 Å². The molecule has 0 fully saturated rings. The van der Waals surface area contributed by atoms with Crippen LogP contribution in [0.3, 0.4) is 0 Å². The second kappa shape index (κ2) is 6.22. The van der Waals surface area contributed by atoms with E-state index < -0.39 is 0 Å². The topological polar surface area (TPSA) is 44.1 Å². The van der Waals surface area contributed by atoms with Crippen LogP contribution in [-0.4, -0.2) is 22.6 Å². The summed E-state index contributed by atoms with van der Waals surface area (Å²) in [7, 11) is 1.40. The van der Waals surface area contributed by atoms with Gasteiger partial charge in [-0.1, -0.05) is 6.92 Å². The number of rotatable bonds is 4. The Balaban J connectivity index is 2.69. The molecular weight excluding hydrogens is 320 g/mol. The second-order valence-corrected chi connectivity index (χ2v) is 5.30. The van der Waals surface area contributed by atoms with Gasteiger partial charge in [-0.2, -0.15) is 0 Å². The highest BCUT2D eigenvalue weighted by molar-refractivity contribution is 9.10. The van der Waals surface area contributed by atoms with Crippen molar-refractivity contribution in [2.24, 2.45) is 0 Å². The predicted molar refractivity (Wildman–Crippen MR) is 81.7 cm³/mol. The molecule has 0 radical (unpaired) electrons. The van der Waals surface area contributed by atoms with Gasteiger partial charge in [-0.3, -0.25) is 4.98 Å². The number of aromatic nitrogens is 2. The highest BCUT2D eigenvalue weighted by Crippen LogP contribution is 2.36. The summed E-state index contributed by atoms with van der Waals surface area (Å²) in [5, 5.41) is 0. The zero-order chi connectivity index (χ0) is 14.7. The van der Waals surface area contributed by atoms with Gasteiger partial charge in [-0.25, -0.2) is 4.79 Å². The summed E-state index contributed by atoms with van der Waals surface area (Å²) in [6.45, 7) is 4.89. The minimum atomic E-state index is -0.325. The van der Waals surface area contributed by atoms with E-state index in [4.69, 9.17) is 4.74 Å². The Morgan fingerprint density at radius 2 is 2.25 bits per heavy atom. The molecule has 0 aliphatic rings. The van der Waals surface area contributed by atoms with Crippen LogP contribution in [-0.2, 0) is 11.3 Å². The first-order valence-electron chi connectivity index (χ1n) is 6.49. The van der Waals surface area contributed by atoms with Crippen LogP contribution in [0.25, 0.3) is 11.3 Å². The molecule has 0 saturated carbocycles. The molecule has 0 atom stereocenters. The Bertz CT molecular complexity index is 621. The Hall–Kier alpha value is -1.62. The molecule has 4 nitrogen and oxygen atoms in total. The molecule has 2 rings (SSSR count). The van der Waals surface area contributed by atoms with E-state index in [9.17, 15) is 4.79 Å². The lowest BCUT2D eigenvalue weighted by molar-refractivity contribution is 0.0599. The lowest BCUT2D eigenvalue weighted by Crippen LogP contribution is -2.06. The zero-order valence-electron chi connectivity index (χ0n) is 11.8. The molecule has 2 heterocycles. The molecule has 5 heteroatoms. The molecule has 0 bridgehead atoms. The van der Waals surface area contributed by atoms with Crippen molar-refractivity contribution in [2.45, 2.75) is 26.8 Å². The summed E-state index contributed by atoms with van der Waals surface area (Å²) in [5.74, 6) is -0.325. The van der Waals surface area contributed by atoms with Gasteiger partial charge >= 0.3 is 5.97 Å². The number of ether oxygens (including phenoxy) is 1. The summed E-state index contributed by atoms with van der Waals surface area (Å²) in [6, 6.07) is 3.87. The minimum absolute atomic E-state index is 0.325. The van der Waals surface area contributed by atoms with Crippen LogP contribution in [0.15, 0.2) is 29.0 Å². The molecule has 2 aromatic heterocycles. The van der Waals surface area contributed by atoms with E-state index in [2.05, 4.69) is 32.4 Å². The number of nitrogens with zero attached hydrogens (tertiary/aromatic N) is 2. The summed E-state index contributed by atoms with van der Waals surface area (Å²) >= 11 is 3.55. The fourth-order valence-electron chi connectivity index (χ4n) is 2.33. The number of carbonyl (C=O) groups excluding carboxylic acids is 1. The van der Waals surface area contributed by atoms with Crippen LogP contribution >= 0.6 is 15.9 Å². The molecule has 0 aromatic carbocycles. The van der Waals surface area contributed by atoms with Gasteiger partial charge in [0.15, 0.2) is 0 Å². The predicted octanol–water partition coefficient (Wildman–Crippen LogP) is 3.82. The molecule has 0 aliphatic heterocycles. The Morgan fingerprint density at radius 1 is 1.50 bits per heavy atom. The number of pyridine rings is 1. The van der Waals surface area contributed by atoms with Gasteiger partial charge in [-0.15, -0.1) is 0 Å². The van der Waals surface area contributed by atoms with Crippen molar-refractivity contribution in [1.29, 1.82) is 0 Å². The van der Waals surface area contributed by atoms with E-state index in [0.29, 0.717) is 5.56 Å². The van der Waals surface area contributed by atoms with Crippen LogP contribution in [0.4, 0.5) is 0 Å². The van der Waals surface area contributed by atoms with Crippen LogP contribution in [0.5, 0.6) is 0 Å². The second-order valence-electron chi connectivity index (χ2n) is 4.51. The van der Waals surface area contributed by atoms with Crippen LogP contribution in [0.1, 0.15) is 29.4 Å². The molecule has 2 aromatic rings. The normalized spacial score (nSPS) is 10.6. The smallest absolute Gasteiger partial charge is 0.340 e. The molecule has 0 spiro atoms. The van der Waals surface area contributed by atoms with Gasteiger partial charge < -0.3 is 9.30 Å². The first-order valence-corrected chi connectivity index (χ1v) is 7.28. The molecule has 106 valence electrons. The summed E-state index contributed by atoms with van der Waals surface area (Å²) < 4.78 is 7.78. The number of halogens is 1. The van der Waals surface area contributed by atoms with Gasteiger partial charge in [0.1, 0.15) is 0 Å². The van der Waals surface area contributed by atoms with E-state index in [1.54, 1.807) is 12.4 Å². The maximum Gasteiger partial charge on any atom is 0.340 e. The molecule has 0 unspecified atom stereocenters. The molecule has 0 N–H and O–H groups in total. The third-order valence-corrected chi connectivity index (χ3v) is 4.01. The van der Waals surface area contributed by atoms with E-state index in [0.717, 1.165) is 34.4 Å². The Kier molecular flexibility index (Phi) is 4.60. The molecule has 0 amide bonds. The summed E-state index contributed by atoms with van der Waals surface area (Å²) in [5.41, 5.74) is 3.44. The molecule has 0 saturated heterocycles. The summed E-state index contributed by atoms with van der Waals surface area (Å²) in [6.07, 6.45) is 4.52. The quantitative estimate of drug-likeness (QED) is 0.797. The van der Waals surface area contributed by atoms with E-state index >= 15 is 0 Å². The van der Waals surface area contributed by atoms with Crippen molar-refractivity contribution in [2.75, 3.05) is 7.11 Å². The maximum atomic E-state index is 12.0. The van der Waals surface area contributed by atoms with Crippen LogP contribution in [0.2, 0.25) is 0 Å². The first-order chi connectivity index (χ1) is 9.61. The van der Waals surface area contributed by atoms with E-state index in [1.165, 1.54) is 7.11 Å². The summed E-state index contributed by atoms with van der Waals surface area (Å²) in [4.78, 5) is 16.1. The van der Waals surface area contributed by atoms with E-state index in [-0.39, 0.29) is 5.97 Å². The lowest BCUT2D eigenvalue weighted by Gasteiger charge is -2.10. The van der Waals surface area contributed by atoms with Gasteiger partial charge in [0.25, 0.3) is 0 Å². The number of hydrogen-bond donors (Lipinski definition) is 0. The van der Waals surface area contributed by atoms with Crippen molar-refractivity contribution in [3.63, 3.8) is 0 Å². The number of hydrogen-bond acceptors (Lipinski definition) is 3. The third-order valence-electron chi connectivity index (χ3n) is 3.24. The van der Waals surface area contributed by atoms with Crippen molar-refractivity contribution in [3.05, 3.63) is 40.3 Å². The number of esters is 1. The first kappa shape index (κ1) is 14.8. The van der Waals surface area contributed by atoms with Gasteiger partial charge in [-0.05, 0) is 41.4 Å². The fraction of sp³-hybridized carbons (Fsp3) is 0.333. The molecular formula is C15H17BrN2O2. The largest absolute Gasteiger partial charge is 0.465 e. The monoisotopic (exact) mass is 336 g/mol. The van der Waals surface area contributed by atoms with Gasteiger partial charge in [0, 0.05) is 30.2 Å². The minimum Gasteiger partial charge on any atom is -0.465 e. The Labute approximate surface area is 126 Å². The lowest BCUT2D eigenvalue weighted by atomic mass is 10.2. The highest BCUT2D eigenvalue weighted by Gasteiger charge is 2.24. The third kappa shape index (κ3) is 2.50. The van der Waals surface area contributed by atoms with Crippen molar-refractivity contribution in [1.82, 2.24) is 9.55 Å². The Morgan fingerprint density at radius 3 is 2.80 bits per heavy atom. The van der Waals surface area contributed by atoms with Crippen molar-refractivity contribution in [3.8, 4) is 11.3 Å². The number of methoxy groups -OCH3 is 1. The van der Waals surface area contributed by atoms with E-state index in [1.807, 2.05) is 19.1 Å².